The Kier molecular flexibility index (Phi) is 4.75. The molecule has 1 aliphatic carbocycles. The molecule has 2 fully saturated rings. The summed E-state index contributed by atoms with van der Waals surface area (Å²) in [6.07, 6.45) is 3.84. The number of rotatable bonds is 3. The molecule has 1 saturated heterocycles. The molecule has 1 aromatic carbocycles. The van der Waals surface area contributed by atoms with Crippen LogP contribution in [0.5, 0.6) is 0 Å². The molecule has 1 aliphatic heterocycles. The molecule has 6 heteroatoms. The smallest absolute Gasteiger partial charge is 0.410 e. The van der Waals surface area contributed by atoms with Gasteiger partial charge in [-0.1, -0.05) is 24.3 Å². The van der Waals surface area contributed by atoms with E-state index < -0.39 is 5.60 Å². The predicted octanol–water partition coefficient (Wildman–Crippen LogP) is 3.24. The standard InChI is InChI=1S/C22H26N2O4/c1-15(24-12-10-22(28-21(24)27)9-7-19(25)14-22)16-3-5-17(6-4-16)18-8-11-23(2)20(26)13-18/h3-6,8,11,13,15,19,25H,7,9-10,12,14H2,1-2H3/t15-,19+,22+/m0/s1. The molecule has 2 aliphatic rings. The maximum absolute atomic E-state index is 12.6. The number of carbonyl (C=O) groups is 1. The van der Waals surface area contributed by atoms with E-state index in [1.807, 2.05) is 37.3 Å². The third kappa shape index (κ3) is 3.44. The van der Waals surface area contributed by atoms with E-state index in [1.165, 1.54) is 4.57 Å². The number of amides is 1. The Morgan fingerprint density at radius 1 is 1.14 bits per heavy atom. The van der Waals surface area contributed by atoms with Crippen molar-refractivity contribution in [3.8, 4) is 11.1 Å². The number of aliphatic hydroxyl groups excluding tert-OH is 1. The zero-order chi connectivity index (χ0) is 19.9. The fourth-order valence-corrected chi connectivity index (χ4v) is 4.31. The summed E-state index contributed by atoms with van der Waals surface area (Å²) in [5.41, 5.74) is 2.34. The van der Waals surface area contributed by atoms with Gasteiger partial charge < -0.3 is 19.3 Å². The van der Waals surface area contributed by atoms with Crippen molar-refractivity contribution in [1.82, 2.24) is 9.47 Å². The molecule has 1 amide bonds. The highest BCUT2D eigenvalue weighted by molar-refractivity contribution is 5.70. The zero-order valence-electron chi connectivity index (χ0n) is 16.3. The summed E-state index contributed by atoms with van der Waals surface area (Å²) in [5.74, 6) is 0. The van der Waals surface area contributed by atoms with Gasteiger partial charge in [0.15, 0.2) is 0 Å². The van der Waals surface area contributed by atoms with Crippen LogP contribution in [0.25, 0.3) is 11.1 Å². The number of benzene rings is 1. The fraction of sp³-hybridized carbons (Fsp3) is 0.455. The summed E-state index contributed by atoms with van der Waals surface area (Å²) in [6.45, 7) is 2.62. The average Bonchev–Trinajstić information content (AvgIpc) is 3.03. The van der Waals surface area contributed by atoms with Crippen LogP contribution < -0.4 is 5.56 Å². The largest absolute Gasteiger partial charge is 0.443 e. The lowest BCUT2D eigenvalue weighted by molar-refractivity contribution is -0.0572. The van der Waals surface area contributed by atoms with Gasteiger partial charge in [-0.05, 0) is 42.5 Å². The molecular weight excluding hydrogens is 356 g/mol. The first-order valence-corrected chi connectivity index (χ1v) is 9.82. The Labute approximate surface area is 164 Å². The third-order valence-electron chi connectivity index (χ3n) is 6.19. The highest BCUT2D eigenvalue weighted by atomic mass is 16.6. The van der Waals surface area contributed by atoms with Crippen LogP contribution in [0.2, 0.25) is 0 Å². The lowest BCUT2D eigenvalue weighted by atomic mass is 9.94. The maximum atomic E-state index is 12.6. The zero-order valence-corrected chi connectivity index (χ0v) is 16.3. The molecule has 2 aromatic rings. The minimum absolute atomic E-state index is 0.0445. The van der Waals surface area contributed by atoms with Gasteiger partial charge in [0.25, 0.3) is 5.56 Å². The maximum Gasteiger partial charge on any atom is 0.410 e. The summed E-state index contributed by atoms with van der Waals surface area (Å²) in [5, 5.41) is 9.81. The summed E-state index contributed by atoms with van der Waals surface area (Å²) in [6, 6.07) is 11.4. The van der Waals surface area contributed by atoms with Crippen molar-refractivity contribution in [2.45, 2.75) is 50.4 Å². The number of nitrogens with zero attached hydrogens (tertiary/aromatic N) is 2. The number of aliphatic hydroxyl groups is 1. The third-order valence-corrected chi connectivity index (χ3v) is 6.19. The van der Waals surface area contributed by atoms with E-state index in [1.54, 1.807) is 24.2 Å². The van der Waals surface area contributed by atoms with E-state index in [9.17, 15) is 14.7 Å². The summed E-state index contributed by atoms with van der Waals surface area (Å²) >= 11 is 0. The first-order valence-electron chi connectivity index (χ1n) is 9.82. The molecule has 148 valence electrons. The second kappa shape index (κ2) is 7.09. The molecule has 2 heterocycles. The van der Waals surface area contributed by atoms with E-state index in [0.29, 0.717) is 19.4 Å². The summed E-state index contributed by atoms with van der Waals surface area (Å²) in [7, 11) is 1.73. The van der Waals surface area contributed by atoms with Crippen LogP contribution in [0.15, 0.2) is 47.4 Å². The van der Waals surface area contributed by atoms with Crippen LogP contribution in [0.1, 0.15) is 44.2 Å². The van der Waals surface area contributed by atoms with Crippen LogP contribution in [0.4, 0.5) is 4.79 Å². The van der Waals surface area contributed by atoms with Crippen molar-refractivity contribution in [1.29, 1.82) is 0 Å². The minimum Gasteiger partial charge on any atom is -0.443 e. The van der Waals surface area contributed by atoms with E-state index in [2.05, 4.69) is 0 Å². The number of aryl methyl sites for hydroxylation is 1. The molecule has 3 atom stereocenters. The van der Waals surface area contributed by atoms with E-state index >= 15 is 0 Å². The van der Waals surface area contributed by atoms with E-state index in [-0.39, 0.29) is 23.8 Å². The molecule has 0 unspecified atom stereocenters. The van der Waals surface area contributed by atoms with Crippen molar-refractivity contribution in [2.75, 3.05) is 6.54 Å². The van der Waals surface area contributed by atoms with Gasteiger partial charge in [-0.25, -0.2) is 4.79 Å². The molecule has 0 radical (unpaired) electrons. The Morgan fingerprint density at radius 3 is 2.50 bits per heavy atom. The van der Waals surface area contributed by atoms with Gasteiger partial charge in [0.05, 0.1) is 12.1 Å². The van der Waals surface area contributed by atoms with Crippen molar-refractivity contribution in [2.24, 2.45) is 7.05 Å². The Morgan fingerprint density at radius 2 is 1.89 bits per heavy atom. The monoisotopic (exact) mass is 382 g/mol. The van der Waals surface area contributed by atoms with Gasteiger partial charge in [-0.15, -0.1) is 0 Å². The summed E-state index contributed by atoms with van der Waals surface area (Å²) < 4.78 is 7.31. The van der Waals surface area contributed by atoms with Crippen LogP contribution in [-0.4, -0.2) is 38.9 Å². The quantitative estimate of drug-likeness (QED) is 0.885. The number of hydrogen-bond acceptors (Lipinski definition) is 4. The number of aromatic nitrogens is 1. The van der Waals surface area contributed by atoms with E-state index in [4.69, 9.17) is 4.74 Å². The lowest BCUT2D eigenvalue weighted by Gasteiger charge is -2.41. The van der Waals surface area contributed by atoms with Crippen molar-refractivity contribution < 1.29 is 14.6 Å². The van der Waals surface area contributed by atoms with Crippen molar-refractivity contribution >= 4 is 6.09 Å². The Balaban J connectivity index is 1.48. The molecule has 1 aromatic heterocycles. The topological polar surface area (TPSA) is 71.8 Å². The van der Waals surface area contributed by atoms with Gasteiger partial charge >= 0.3 is 6.09 Å². The molecule has 1 N–H and O–H groups in total. The van der Waals surface area contributed by atoms with Crippen LogP contribution in [0, 0.1) is 0 Å². The van der Waals surface area contributed by atoms with Crippen LogP contribution in [0.3, 0.4) is 0 Å². The van der Waals surface area contributed by atoms with Crippen LogP contribution in [-0.2, 0) is 11.8 Å². The SMILES string of the molecule is C[C@@H](c1ccc(-c2ccn(C)c(=O)c2)cc1)N1CC[C@@]2(CC[C@@H](O)C2)OC1=O. The van der Waals surface area contributed by atoms with Gasteiger partial charge in [0.2, 0.25) is 0 Å². The normalized spacial score (nSPS) is 25.8. The second-order valence-electron chi connectivity index (χ2n) is 8.05. The number of ether oxygens (including phenoxy) is 1. The number of pyridine rings is 1. The average molecular weight is 382 g/mol. The van der Waals surface area contributed by atoms with Crippen molar-refractivity contribution in [3.05, 3.63) is 58.5 Å². The Hall–Kier alpha value is -2.60. The molecule has 1 saturated carbocycles. The predicted molar refractivity (Wildman–Crippen MR) is 106 cm³/mol. The van der Waals surface area contributed by atoms with Crippen molar-refractivity contribution in [3.63, 3.8) is 0 Å². The summed E-state index contributed by atoms with van der Waals surface area (Å²) in [4.78, 5) is 26.2. The molecule has 4 rings (SSSR count). The molecular formula is C22H26N2O4. The molecule has 1 spiro atoms. The number of hydrogen-bond donors (Lipinski definition) is 1. The Bertz CT molecular complexity index is 936. The van der Waals surface area contributed by atoms with Gasteiger partial charge in [-0.2, -0.15) is 0 Å². The molecule has 28 heavy (non-hydrogen) atoms. The van der Waals surface area contributed by atoms with Gasteiger partial charge in [0, 0.05) is 38.7 Å². The minimum atomic E-state index is -0.476. The van der Waals surface area contributed by atoms with E-state index in [0.717, 1.165) is 29.5 Å². The molecule has 6 nitrogen and oxygen atoms in total. The number of carbonyl (C=O) groups excluding carboxylic acids is 1. The highest BCUT2D eigenvalue weighted by Crippen LogP contribution is 2.41. The first-order chi connectivity index (χ1) is 13.4. The molecule has 0 bridgehead atoms. The van der Waals surface area contributed by atoms with Gasteiger partial charge in [0.1, 0.15) is 5.60 Å². The lowest BCUT2D eigenvalue weighted by Crippen LogP contribution is -2.49. The van der Waals surface area contributed by atoms with Gasteiger partial charge in [-0.3, -0.25) is 4.79 Å². The highest BCUT2D eigenvalue weighted by Gasteiger charge is 2.46. The fourth-order valence-electron chi connectivity index (χ4n) is 4.31. The van der Waals surface area contributed by atoms with Crippen LogP contribution >= 0.6 is 0 Å². The second-order valence-corrected chi connectivity index (χ2v) is 8.05. The first kappa shape index (κ1) is 18.7.